The van der Waals surface area contributed by atoms with Crippen molar-refractivity contribution in [2.75, 3.05) is 11.4 Å². The Kier molecular flexibility index (Phi) is 5.25. The smallest absolute Gasteiger partial charge is 0.224 e. The molecule has 0 unspecified atom stereocenters. The van der Waals surface area contributed by atoms with Gasteiger partial charge in [0, 0.05) is 6.54 Å². The molecular formula is C15H18Cl2N6O. The fraction of sp³-hybridized carbons (Fsp3) is 0.400. The number of halogens is 2. The monoisotopic (exact) mass is 368 g/mol. The lowest BCUT2D eigenvalue weighted by Crippen LogP contribution is -2.41. The van der Waals surface area contributed by atoms with Gasteiger partial charge in [-0.25, -0.2) is 0 Å². The van der Waals surface area contributed by atoms with Crippen LogP contribution in [-0.4, -0.2) is 32.8 Å². The van der Waals surface area contributed by atoms with Crippen LogP contribution in [-0.2, 0) is 4.79 Å². The van der Waals surface area contributed by atoms with Crippen LogP contribution >= 0.6 is 23.2 Å². The Morgan fingerprint density at radius 2 is 1.46 bits per heavy atom. The third-order valence-electron chi connectivity index (χ3n) is 3.60. The predicted octanol–water partition coefficient (Wildman–Crippen LogP) is 2.84. The molecule has 0 atom stereocenters. The van der Waals surface area contributed by atoms with E-state index in [1.54, 1.807) is 30.9 Å². The molecule has 0 radical (unpaired) electrons. The number of anilines is 2. The van der Waals surface area contributed by atoms with E-state index in [-0.39, 0.29) is 6.54 Å². The summed E-state index contributed by atoms with van der Waals surface area (Å²) >= 11 is 11.9. The van der Waals surface area contributed by atoms with Gasteiger partial charge in [-0.15, -0.1) is 20.4 Å². The van der Waals surface area contributed by atoms with E-state index in [0.29, 0.717) is 21.9 Å². The van der Waals surface area contributed by atoms with Crippen LogP contribution in [0.3, 0.4) is 0 Å². The SMILES string of the molecule is Cc1cc(N(CC(C)(C)C(N)=O)c2cc(C)c(Cl)nn2)nnc1Cl. The van der Waals surface area contributed by atoms with E-state index in [1.165, 1.54) is 0 Å². The molecule has 2 N–H and O–H groups in total. The third-order valence-corrected chi connectivity index (χ3v) is 4.34. The van der Waals surface area contributed by atoms with Gasteiger partial charge in [-0.2, -0.15) is 0 Å². The minimum atomic E-state index is -0.829. The van der Waals surface area contributed by atoms with E-state index in [0.717, 1.165) is 11.1 Å². The van der Waals surface area contributed by atoms with Gasteiger partial charge < -0.3 is 10.6 Å². The number of nitrogens with two attached hydrogens (primary N) is 1. The molecule has 0 aliphatic heterocycles. The molecule has 0 saturated heterocycles. The Morgan fingerprint density at radius 3 is 1.79 bits per heavy atom. The van der Waals surface area contributed by atoms with Crippen LogP contribution < -0.4 is 10.6 Å². The molecular weight excluding hydrogens is 351 g/mol. The summed E-state index contributed by atoms with van der Waals surface area (Å²) in [7, 11) is 0. The van der Waals surface area contributed by atoms with Crippen LogP contribution in [0.1, 0.15) is 25.0 Å². The number of primary amides is 1. The number of aryl methyl sites for hydroxylation is 2. The van der Waals surface area contributed by atoms with Crippen molar-refractivity contribution in [1.29, 1.82) is 0 Å². The maximum atomic E-state index is 11.7. The average Bonchev–Trinajstić information content (AvgIpc) is 2.50. The number of amides is 1. The van der Waals surface area contributed by atoms with E-state index in [4.69, 9.17) is 28.9 Å². The molecule has 7 nitrogen and oxygen atoms in total. The van der Waals surface area contributed by atoms with Crippen LogP contribution in [0.15, 0.2) is 12.1 Å². The molecule has 1 amide bonds. The summed E-state index contributed by atoms with van der Waals surface area (Å²) in [6.07, 6.45) is 0. The quantitative estimate of drug-likeness (QED) is 0.870. The number of carbonyl (C=O) groups excluding carboxylic acids is 1. The van der Waals surface area contributed by atoms with E-state index >= 15 is 0 Å². The van der Waals surface area contributed by atoms with E-state index in [9.17, 15) is 4.79 Å². The van der Waals surface area contributed by atoms with Crippen molar-refractivity contribution < 1.29 is 4.79 Å². The maximum Gasteiger partial charge on any atom is 0.224 e. The summed E-state index contributed by atoms with van der Waals surface area (Å²) in [6.45, 7) is 7.37. The van der Waals surface area contributed by atoms with Crippen molar-refractivity contribution in [1.82, 2.24) is 20.4 Å². The molecule has 0 aliphatic carbocycles. The van der Waals surface area contributed by atoms with Crippen molar-refractivity contribution in [2.45, 2.75) is 27.7 Å². The van der Waals surface area contributed by atoms with Gasteiger partial charge in [0.2, 0.25) is 5.91 Å². The molecule has 0 aromatic carbocycles. The van der Waals surface area contributed by atoms with Gasteiger partial charge in [0.05, 0.1) is 5.41 Å². The molecule has 9 heteroatoms. The number of nitrogens with zero attached hydrogens (tertiary/aromatic N) is 5. The first-order valence-electron chi connectivity index (χ1n) is 7.19. The zero-order chi connectivity index (χ0) is 18.1. The molecule has 24 heavy (non-hydrogen) atoms. The summed E-state index contributed by atoms with van der Waals surface area (Å²) < 4.78 is 0. The minimum Gasteiger partial charge on any atom is -0.369 e. The molecule has 2 rings (SSSR count). The zero-order valence-electron chi connectivity index (χ0n) is 13.8. The standard InChI is InChI=1S/C15H18Cl2N6O/c1-8-5-10(19-21-12(8)16)23(7-15(3,4)14(18)24)11-6-9(2)13(17)22-20-11/h5-6H,7H2,1-4H3,(H2,18,24). The molecule has 0 fully saturated rings. The highest BCUT2D eigenvalue weighted by Crippen LogP contribution is 2.29. The minimum absolute atomic E-state index is 0.244. The number of carbonyl (C=O) groups is 1. The van der Waals surface area contributed by atoms with Crippen molar-refractivity contribution in [3.8, 4) is 0 Å². The molecule has 128 valence electrons. The van der Waals surface area contributed by atoms with Crippen molar-refractivity contribution >= 4 is 40.7 Å². The average molecular weight is 369 g/mol. The molecule has 0 spiro atoms. The Bertz CT molecular complexity index is 729. The number of hydrogen-bond acceptors (Lipinski definition) is 6. The highest BCUT2D eigenvalue weighted by molar-refractivity contribution is 6.30. The largest absolute Gasteiger partial charge is 0.369 e. The lowest BCUT2D eigenvalue weighted by Gasteiger charge is -2.30. The van der Waals surface area contributed by atoms with Crippen molar-refractivity contribution in [2.24, 2.45) is 11.1 Å². The second-order valence-corrected chi connectivity index (χ2v) is 6.90. The zero-order valence-corrected chi connectivity index (χ0v) is 15.4. The highest BCUT2D eigenvalue weighted by Gasteiger charge is 2.30. The molecule has 2 aromatic rings. The van der Waals surface area contributed by atoms with Crippen LogP contribution in [0.4, 0.5) is 11.6 Å². The Morgan fingerprint density at radius 1 is 1.04 bits per heavy atom. The van der Waals surface area contributed by atoms with Gasteiger partial charge in [-0.3, -0.25) is 4.79 Å². The van der Waals surface area contributed by atoms with E-state index < -0.39 is 11.3 Å². The number of hydrogen-bond donors (Lipinski definition) is 1. The summed E-state index contributed by atoms with van der Waals surface area (Å²) in [5.41, 5.74) is 6.18. The maximum absolute atomic E-state index is 11.7. The second kappa shape index (κ2) is 6.86. The Balaban J connectivity index is 2.53. The second-order valence-electron chi connectivity index (χ2n) is 6.19. The first-order chi connectivity index (χ1) is 11.1. The van der Waals surface area contributed by atoms with Crippen LogP contribution in [0.25, 0.3) is 0 Å². The van der Waals surface area contributed by atoms with Crippen molar-refractivity contribution in [3.63, 3.8) is 0 Å². The Labute approximate surface area is 150 Å². The number of aromatic nitrogens is 4. The molecule has 0 bridgehead atoms. The molecule has 0 aliphatic rings. The van der Waals surface area contributed by atoms with Gasteiger partial charge in [0.1, 0.15) is 0 Å². The molecule has 0 saturated carbocycles. The summed E-state index contributed by atoms with van der Waals surface area (Å²) in [6, 6.07) is 3.52. The molecule has 2 heterocycles. The first kappa shape index (κ1) is 18.4. The molecule has 2 aromatic heterocycles. The van der Waals surface area contributed by atoms with Gasteiger partial charge in [-0.1, -0.05) is 23.2 Å². The van der Waals surface area contributed by atoms with E-state index in [1.807, 2.05) is 13.8 Å². The summed E-state index contributed by atoms with van der Waals surface area (Å²) in [5.74, 6) is 0.536. The highest BCUT2D eigenvalue weighted by atomic mass is 35.5. The first-order valence-corrected chi connectivity index (χ1v) is 7.94. The van der Waals surface area contributed by atoms with Gasteiger partial charge >= 0.3 is 0 Å². The number of rotatable bonds is 5. The van der Waals surface area contributed by atoms with E-state index in [2.05, 4.69) is 20.4 Å². The summed E-state index contributed by atoms with van der Waals surface area (Å²) in [5, 5.41) is 16.7. The van der Waals surface area contributed by atoms with Crippen LogP contribution in [0, 0.1) is 19.3 Å². The van der Waals surface area contributed by atoms with Gasteiger partial charge in [-0.05, 0) is 51.0 Å². The van der Waals surface area contributed by atoms with Crippen LogP contribution in [0.2, 0.25) is 10.3 Å². The third kappa shape index (κ3) is 3.91. The fourth-order valence-electron chi connectivity index (χ4n) is 1.93. The van der Waals surface area contributed by atoms with Crippen molar-refractivity contribution in [3.05, 3.63) is 33.6 Å². The van der Waals surface area contributed by atoms with Crippen LogP contribution in [0.5, 0.6) is 0 Å². The van der Waals surface area contributed by atoms with Gasteiger partial charge in [0.25, 0.3) is 0 Å². The Hall–Kier alpha value is -1.99. The lowest BCUT2D eigenvalue weighted by atomic mass is 9.92. The predicted molar refractivity (Wildman–Crippen MR) is 93.5 cm³/mol. The summed E-state index contributed by atoms with van der Waals surface area (Å²) in [4.78, 5) is 13.5. The fourth-order valence-corrected chi connectivity index (χ4v) is 2.11. The topological polar surface area (TPSA) is 97.9 Å². The lowest BCUT2D eigenvalue weighted by molar-refractivity contribution is -0.125. The normalized spacial score (nSPS) is 11.4. The van der Waals surface area contributed by atoms with Gasteiger partial charge in [0.15, 0.2) is 21.9 Å².